The van der Waals surface area contributed by atoms with E-state index in [1.165, 1.54) is 27.4 Å². The van der Waals surface area contributed by atoms with E-state index in [2.05, 4.69) is 0 Å². The summed E-state index contributed by atoms with van der Waals surface area (Å²) in [6.45, 7) is 0.599. The molecule has 0 amide bonds. The summed E-state index contributed by atoms with van der Waals surface area (Å²) in [6.07, 6.45) is 2.26. The lowest BCUT2D eigenvalue weighted by atomic mass is 9.51. The van der Waals surface area contributed by atoms with Gasteiger partial charge in [-0.15, -0.1) is 0 Å². The van der Waals surface area contributed by atoms with Crippen LogP contribution in [0.2, 0.25) is 0 Å². The van der Waals surface area contributed by atoms with Crippen molar-refractivity contribution in [2.24, 2.45) is 10.8 Å². The molecule has 3 aliphatic carbocycles. The van der Waals surface area contributed by atoms with Gasteiger partial charge in [-0.1, -0.05) is 11.6 Å². The van der Waals surface area contributed by atoms with Gasteiger partial charge in [-0.3, -0.25) is 14.5 Å². The van der Waals surface area contributed by atoms with Crippen LogP contribution >= 0.6 is 11.6 Å². The number of likely N-dealkylation sites (N-methyl/N-ethyl adjacent to an activating group) is 1. The summed E-state index contributed by atoms with van der Waals surface area (Å²) in [5.41, 5.74) is -3.45. The smallest absolute Gasteiger partial charge is 0.202 e. The Morgan fingerprint density at radius 1 is 1.22 bits per heavy atom. The summed E-state index contributed by atoms with van der Waals surface area (Å²) in [7, 11) is 6.17. The predicted octanol–water partition coefficient (Wildman–Crippen LogP) is 1.12. The van der Waals surface area contributed by atoms with Gasteiger partial charge < -0.3 is 19.3 Å². The van der Waals surface area contributed by atoms with Gasteiger partial charge in [0, 0.05) is 22.9 Å². The lowest BCUT2D eigenvalue weighted by molar-refractivity contribution is -0.145. The molecule has 4 atom stereocenters. The minimum Gasteiger partial charge on any atom is -0.498 e. The monoisotopic (exact) mass is 395 g/mol. The van der Waals surface area contributed by atoms with Crippen LogP contribution in [0.3, 0.4) is 0 Å². The van der Waals surface area contributed by atoms with Crippen LogP contribution in [0.1, 0.15) is 12.8 Å². The van der Waals surface area contributed by atoms with Crippen molar-refractivity contribution in [3.05, 3.63) is 34.5 Å². The van der Waals surface area contributed by atoms with Crippen molar-refractivity contribution < 1.29 is 28.9 Å². The number of ether oxygens (including phenoxy) is 3. The summed E-state index contributed by atoms with van der Waals surface area (Å²) in [6, 6.07) is 0. The molecule has 0 aromatic carbocycles. The second kappa shape index (κ2) is 5.59. The fourth-order valence-corrected chi connectivity index (χ4v) is 6.41. The van der Waals surface area contributed by atoms with Crippen LogP contribution in [0.5, 0.6) is 0 Å². The summed E-state index contributed by atoms with van der Waals surface area (Å²) < 4.78 is 16.3. The van der Waals surface area contributed by atoms with E-state index in [1.54, 1.807) is 6.08 Å². The Hall–Kier alpha value is -1.83. The Balaban J connectivity index is 2.06. The molecule has 0 unspecified atom stereocenters. The number of nitrogens with zero attached hydrogens (tertiary/aromatic N) is 1. The van der Waals surface area contributed by atoms with E-state index >= 15 is 0 Å². The number of ketones is 2. The van der Waals surface area contributed by atoms with E-state index in [1.807, 2.05) is 11.9 Å². The van der Waals surface area contributed by atoms with Crippen LogP contribution in [0, 0.1) is 10.8 Å². The van der Waals surface area contributed by atoms with Crippen LogP contribution in [0.15, 0.2) is 34.5 Å². The summed E-state index contributed by atoms with van der Waals surface area (Å²) in [5.74, 6) is -0.0273. The maximum Gasteiger partial charge on any atom is 0.202 e. The maximum absolute atomic E-state index is 13.3. The van der Waals surface area contributed by atoms with Crippen LogP contribution in [-0.2, 0) is 23.8 Å². The second-order valence-corrected chi connectivity index (χ2v) is 7.91. The van der Waals surface area contributed by atoms with Crippen molar-refractivity contribution in [3.63, 3.8) is 0 Å². The molecule has 1 aliphatic heterocycles. The van der Waals surface area contributed by atoms with Gasteiger partial charge in [0.15, 0.2) is 11.5 Å². The highest BCUT2D eigenvalue weighted by Crippen LogP contribution is 2.73. The molecule has 0 saturated carbocycles. The third kappa shape index (κ3) is 1.68. The third-order valence-corrected chi connectivity index (χ3v) is 7.33. The molecule has 146 valence electrons. The molecule has 0 radical (unpaired) electrons. The third-order valence-electron chi connectivity index (χ3n) is 6.93. The van der Waals surface area contributed by atoms with E-state index in [9.17, 15) is 14.7 Å². The molecule has 1 spiro atoms. The lowest BCUT2D eigenvalue weighted by Crippen LogP contribution is -2.63. The molecule has 1 N–H and O–H groups in total. The first-order chi connectivity index (χ1) is 12.8. The number of aliphatic hydroxyl groups is 1. The molecule has 0 bridgehead atoms. The fourth-order valence-electron chi connectivity index (χ4n) is 5.88. The average molecular weight is 396 g/mol. The largest absolute Gasteiger partial charge is 0.498 e. The van der Waals surface area contributed by atoms with Crippen molar-refractivity contribution in [2.45, 2.75) is 24.5 Å². The molecule has 7 nitrogen and oxygen atoms in total. The number of carbonyl (C=O) groups is 2. The molecule has 0 aromatic rings. The van der Waals surface area contributed by atoms with E-state index in [0.717, 1.165) is 0 Å². The topological polar surface area (TPSA) is 85.3 Å². The molecule has 27 heavy (non-hydrogen) atoms. The first-order valence-corrected chi connectivity index (χ1v) is 9.10. The van der Waals surface area contributed by atoms with Crippen molar-refractivity contribution in [1.82, 2.24) is 4.90 Å². The molecular formula is C19H22ClNO6. The second-order valence-electron chi connectivity index (χ2n) is 7.50. The highest BCUT2D eigenvalue weighted by atomic mass is 35.5. The molecule has 8 heteroatoms. The van der Waals surface area contributed by atoms with E-state index in [-0.39, 0.29) is 34.5 Å². The molecular weight excluding hydrogens is 374 g/mol. The number of Topliss-reactive ketones (excluding diaryl/α,β-unsaturated/α-hetero) is 1. The number of methoxy groups -OCH3 is 3. The standard InChI is InChI=1S/C19H22ClNO6/c1-21-6-5-17-8-10(22)14(26-3)16(27-4)18(17,21)9-12(20)19(17)13(23)7-11(25-2)15(19)24/h7,9,15,24H,5-6,8H2,1-4H3/t15-,17-,18-,19-/m1/s1. The molecule has 1 fully saturated rings. The molecule has 0 aromatic heterocycles. The highest BCUT2D eigenvalue weighted by molar-refractivity contribution is 6.34. The van der Waals surface area contributed by atoms with Gasteiger partial charge in [0.2, 0.25) is 11.5 Å². The summed E-state index contributed by atoms with van der Waals surface area (Å²) >= 11 is 6.71. The molecule has 1 saturated heterocycles. The number of hydrogen-bond donors (Lipinski definition) is 1. The van der Waals surface area contributed by atoms with Gasteiger partial charge in [-0.05, 0) is 26.1 Å². The number of aliphatic hydroxyl groups excluding tert-OH is 1. The van der Waals surface area contributed by atoms with E-state index in [0.29, 0.717) is 18.7 Å². The highest BCUT2D eigenvalue weighted by Gasteiger charge is 2.81. The zero-order valence-corrected chi connectivity index (χ0v) is 16.4. The minimum atomic E-state index is -1.48. The summed E-state index contributed by atoms with van der Waals surface area (Å²) in [5, 5.41) is 11.4. The van der Waals surface area contributed by atoms with Crippen molar-refractivity contribution in [2.75, 3.05) is 34.9 Å². The number of halogens is 1. The number of carbonyl (C=O) groups excluding carboxylic acids is 2. The number of hydrogen-bond acceptors (Lipinski definition) is 7. The predicted molar refractivity (Wildman–Crippen MR) is 95.6 cm³/mol. The normalized spacial score (nSPS) is 40.9. The quantitative estimate of drug-likeness (QED) is 0.766. The minimum absolute atomic E-state index is 0.00767. The Morgan fingerprint density at radius 2 is 1.93 bits per heavy atom. The van der Waals surface area contributed by atoms with Crippen molar-refractivity contribution >= 4 is 23.2 Å². The van der Waals surface area contributed by atoms with Crippen molar-refractivity contribution in [1.29, 1.82) is 0 Å². The zero-order valence-electron chi connectivity index (χ0n) is 15.7. The van der Waals surface area contributed by atoms with Gasteiger partial charge in [0.05, 0.1) is 21.3 Å². The van der Waals surface area contributed by atoms with E-state index in [4.69, 9.17) is 25.8 Å². The molecule has 4 rings (SSSR count). The van der Waals surface area contributed by atoms with Crippen LogP contribution in [-0.4, -0.2) is 68.1 Å². The number of likely N-dealkylation sites (tertiary alicyclic amines) is 1. The maximum atomic E-state index is 13.3. The van der Waals surface area contributed by atoms with Crippen molar-refractivity contribution in [3.8, 4) is 0 Å². The Kier molecular flexibility index (Phi) is 3.84. The first kappa shape index (κ1) is 18.5. The van der Waals surface area contributed by atoms with Crippen LogP contribution in [0.4, 0.5) is 0 Å². The van der Waals surface area contributed by atoms with Crippen LogP contribution in [0.25, 0.3) is 0 Å². The number of allylic oxidation sites excluding steroid dienone is 2. The first-order valence-electron chi connectivity index (χ1n) is 8.72. The SMILES string of the molecule is COC1=CC(=O)[C@]2(C(Cl)=C[C@@]34C(OC)=C(OC)C(=O)C[C@@]23CCN4C)[C@@H]1O. The molecule has 1 heterocycles. The fraction of sp³-hybridized carbons (Fsp3) is 0.579. The molecule has 4 aliphatic rings. The Labute approximate surface area is 162 Å². The number of rotatable bonds is 3. The lowest BCUT2D eigenvalue weighted by Gasteiger charge is -2.53. The Bertz CT molecular complexity index is 847. The van der Waals surface area contributed by atoms with Gasteiger partial charge in [-0.25, -0.2) is 0 Å². The van der Waals surface area contributed by atoms with Crippen LogP contribution < -0.4 is 0 Å². The van der Waals surface area contributed by atoms with Gasteiger partial charge in [-0.2, -0.15) is 0 Å². The zero-order chi connectivity index (χ0) is 19.8. The summed E-state index contributed by atoms with van der Waals surface area (Å²) in [4.78, 5) is 28.3. The Morgan fingerprint density at radius 3 is 2.48 bits per heavy atom. The average Bonchev–Trinajstić information content (AvgIpc) is 3.15. The van der Waals surface area contributed by atoms with Gasteiger partial charge >= 0.3 is 0 Å². The van der Waals surface area contributed by atoms with Gasteiger partial charge in [0.25, 0.3) is 0 Å². The van der Waals surface area contributed by atoms with Gasteiger partial charge in [0.1, 0.15) is 22.8 Å². The van der Waals surface area contributed by atoms with E-state index < -0.39 is 22.5 Å².